The zero-order chi connectivity index (χ0) is 15.9. The monoisotopic (exact) mass is 304 g/mol. The summed E-state index contributed by atoms with van der Waals surface area (Å²) in [6.07, 6.45) is 16.2. The molecule has 0 aromatic carbocycles. The highest BCUT2D eigenvalue weighted by Crippen LogP contribution is 2.11. The van der Waals surface area contributed by atoms with E-state index in [0.29, 0.717) is 5.69 Å². The van der Waals surface area contributed by atoms with Crippen molar-refractivity contribution >= 4 is 5.91 Å². The number of nitrogens with zero attached hydrogens (tertiary/aromatic N) is 1. The lowest BCUT2D eigenvalue weighted by Crippen LogP contribution is -2.25. The van der Waals surface area contributed by atoms with Gasteiger partial charge in [0.15, 0.2) is 0 Å². The molecule has 3 nitrogen and oxygen atoms in total. The lowest BCUT2D eigenvalue weighted by molar-refractivity contribution is 0.0948. The van der Waals surface area contributed by atoms with Gasteiger partial charge < -0.3 is 5.32 Å². The summed E-state index contributed by atoms with van der Waals surface area (Å²) < 4.78 is 0. The van der Waals surface area contributed by atoms with E-state index in [4.69, 9.17) is 0 Å². The maximum Gasteiger partial charge on any atom is 0.269 e. The molecule has 3 heteroatoms. The van der Waals surface area contributed by atoms with Crippen LogP contribution in [0.4, 0.5) is 0 Å². The number of hydrogen-bond donors (Lipinski definition) is 1. The maximum atomic E-state index is 11.8. The van der Waals surface area contributed by atoms with Crippen molar-refractivity contribution in [2.75, 3.05) is 6.54 Å². The SMILES string of the molecule is CCCCCCCCCCCCCNC(=O)c1ccccn1. The lowest BCUT2D eigenvalue weighted by atomic mass is 10.1. The van der Waals surface area contributed by atoms with Crippen LogP contribution in [-0.4, -0.2) is 17.4 Å². The van der Waals surface area contributed by atoms with Crippen molar-refractivity contribution in [2.45, 2.75) is 77.6 Å². The van der Waals surface area contributed by atoms with Gasteiger partial charge in [-0.15, -0.1) is 0 Å². The first kappa shape index (κ1) is 18.7. The fraction of sp³-hybridized carbons (Fsp3) is 0.684. The molecule has 0 saturated carbocycles. The van der Waals surface area contributed by atoms with Crippen LogP contribution in [0.1, 0.15) is 88.0 Å². The third-order valence-corrected chi connectivity index (χ3v) is 3.96. The van der Waals surface area contributed by atoms with Crippen molar-refractivity contribution in [3.05, 3.63) is 30.1 Å². The summed E-state index contributed by atoms with van der Waals surface area (Å²) in [5, 5.41) is 2.93. The summed E-state index contributed by atoms with van der Waals surface area (Å²) in [4.78, 5) is 15.8. The van der Waals surface area contributed by atoms with Crippen LogP contribution in [0.3, 0.4) is 0 Å². The van der Waals surface area contributed by atoms with E-state index >= 15 is 0 Å². The van der Waals surface area contributed by atoms with Gasteiger partial charge in [-0.3, -0.25) is 9.78 Å². The molecule has 0 saturated heterocycles. The van der Waals surface area contributed by atoms with Gasteiger partial charge in [0.1, 0.15) is 5.69 Å². The summed E-state index contributed by atoms with van der Waals surface area (Å²) in [7, 11) is 0. The van der Waals surface area contributed by atoms with E-state index in [1.807, 2.05) is 12.1 Å². The molecule has 0 fully saturated rings. The van der Waals surface area contributed by atoms with Gasteiger partial charge in [0.25, 0.3) is 5.91 Å². The van der Waals surface area contributed by atoms with E-state index in [-0.39, 0.29) is 5.91 Å². The van der Waals surface area contributed by atoms with Gasteiger partial charge in [-0.2, -0.15) is 0 Å². The van der Waals surface area contributed by atoms with Gasteiger partial charge in [-0.05, 0) is 18.6 Å². The Labute approximate surface area is 135 Å². The van der Waals surface area contributed by atoms with Crippen LogP contribution in [0, 0.1) is 0 Å². The maximum absolute atomic E-state index is 11.8. The normalized spacial score (nSPS) is 10.6. The summed E-state index contributed by atoms with van der Waals surface area (Å²) in [5.74, 6) is -0.0623. The Morgan fingerprint density at radius 1 is 0.909 bits per heavy atom. The Hall–Kier alpha value is -1.38. The van der Waals surface area contributed by atoms with E-state index in [2.05, 4.69) is 17.2 Å². The van der Waals surface area contributed by atoms with Gasteiger partial charge in [-0.1, -0.05) is 77.2 Å². The summed E-state index contributed by atoms with van der Waals surface area (Å²) >= 11 is 0. The van der Waals surface area contributed by atoms with Crippen LogP contribution in [0.5, 0.6) is 0 Å². The fourth-order valence-electron chi connectivity index (χ4n) is 2.58. The van der Waals surface area contributed by atoms with Crippen LogP contribution in [0.15, 0.2) is 24.4 Å². The smallest absolute Gasteiger partial charge is 0.269 e. The van der Waals surface area contributed by atoms with Crippen LogP contribution in [0.2, 0.25) is 0 Å². The molecule has 0 radical (unpaired) electrons. The van der Waals surface area contributed by atoms with Crippen molar-refractivity contribution in [1.29, 1.82) is 0 Å². The molecule has 0 unspecified atom stereocenters. The third-order valence-electron chi connectivity index (χ3n) is 3.96. The lowest BCUT2D eigenvalue weighted by Gasteiger charge is -2.05. The van der Waals surface area contributed by atoms with Crippen molar-refractivity contribution < 1.29 is 4.79 Å². The first-order chi connectivity index (χ1) is 10.8. The predicted molar refractivity (Wildman–Crippen MR) is 93.0 cm³/mol. The largest absolute Gasteiger partial charge is 0.351 e. The number of amides is 1. The number of aromatic nitrogens is 1. The molecular formula is C19H32N2O. The van der Waals surface area contributed by atoms with E-state index in [0.717, 1.165) is 13.0 Å². The highest BCUT2D eigenvalue weighted by atomic mass is 16.1. The number of hydrogen-bond acceptors (Lipinski definition) is 2. The third kappa shape index (κ3) is 9.54. The molecule has 22 heavy (non-hydrogen) atoms. The first-order valence-electron chi connectivity index (χ1n) is 9.04. The number of rotatable bonds is 13. The molecule has 1 aromatic rings. The second-order valence-corrected chi connectivity index (χ2v) is 6.01. The summed E-state index contributed by atoms with van der Waals surface area (Å²) in [6, 6.07) is 5.40. The summed E-state index contributed by atoms with van der Waals surface area (Å²) in [6.45, 7) is 3.02. The number of pyridine rings is 1. The minimum atomic E-state index is -0.0623. The van der Waals surface area contributed by atoms with Gasteiger partial charge in [0, 0.05) is 12.7 Å². The molecule has 0 bridgehead atoms. The van der Waals surface area contributed by atoms with E-state index in [1.165, 1.54) is 64.2 Å². The van der Waals surface area contributed by atoms with E-state index in [9.17, 15) is 4.79 Å². The molecule has 1 rings (SSSR count). The molecule has 0 aliphatic rings. The van der Waals surface area contributed by atoms with Crippen molar-refractivity contribution in [2.24, 2.45) is 0 Å². The van der Waals surface area contributed by atoms with Crippen molar-refractivity contribution in [3.63, 3.8) is 0 Å². The van der Waals surface area contributed by atoms with Crippen LogP contribution < -0.4 is 5.32 Å². The number of nitrogens with one attached hydrogen (secondary N) is 1. The fourth-order valence-corrected chi connectivity index (χ4v) is 2.58. The molecule has 0 atom stereocenters. The predicted octanol–water partition coefficient (Wildman–Crippen LogP) is 5.12. The average Bonchev–Trinajstić information content (AvgIpc) is 2.56. The van der Waals surface area contributed by atoms with E-state index < -0.39 is 0 Å². The minimum Gasteiger partial charge on any atom is -0.351 e. The molecule has 1 N–H and O–H groups in total. The molecule has 1 heterocycles. The van der Waals surface area contributed by atoms with Crippen LogP contribution in [-0.2, 0) is 0 Å². The molecule has 1 aromatic heterocycles. The van der Waals surface area contributed by atoms with E-state index in [1.54, 1.807) is 12.3 Å². The Morgan fingerprint density at radius 2 is 1.50 bits per heavy atom. The van der Waals surface area contributed by atoms with Gasteiger partial charge in [0.05, 0.1) is 0 Å². The average molecular weight is 304 g/mol. The van der Waals surface area contributed by atoms with Crippen molar-refractivity contribution in [1.82, 2.24) is 10.3 Å². The Kier molecular flexibility index (Phi) is 11.3. The number of unbranched alkanes of at least 4 members (excludes halogenated alkanes) is 10. The summed E-state index contributed by atoms with van der Waals surface area (Å²) in [5.41, 5.74) is 0.505. The van der Waals surface area contributed by atoms with Crippen LogP contribution >= 0.6 is 0 Å². The topological polar surface area (TPSA) is 42.0 Å². The minimum absolute atomic E-state index is 0.0623. The molecular weight excluding hydrogens is 272 g/mol. The Morgan fingerprint density at radius 3 is 2.05 bits per heavy atom. The second-order valence-electron chi connectivity index (χ2n) is 6.01. The highest BCUT2D eigenvalue weighted by Gasteiger charge is 2.04. The van der Waals surface area contributed by atoms with Gasteiger partial charge >= 0.3 is 0 Å². The first-order valence-corrected chi connectivity index (χ1v) is 9.04. The quantitative estimate of drug-likeness (QED) is 0.514. The second kappa shape index (κ2) is 13.3. The molecule has 0 aliphatic heterocycles. The number of carbonyl (C=O) groups excluding carboxylic acids is 1. The number of carbonyl (C=O) groups is 1. The zero-order valence-electron chi connectivity index (χ0n) is 14.2. The van der Waals surface area contributed by atoms with Gasteiger partial charge in [-0.25, -0.2) is 0 Å². The molecule has 1 amide bonds. The molecule has 124 valence electrons. The molecule has 0 aliphatic carbocycles. The van der Waals surface area contributed by atoms with Crippen molar-refractivity contribution in [3.8, 4) is 0 Å². The highest BCUT2D eigenvalue weighted by molar-refractivity contribution is 5.92. The zero-order valence-corrected chi connectivity index (χ0v) is 14.2. The van der Waals surface area contributed by atoms with Crippen LogP contribution in [0.25, 0.3) is 0 Å². The van der Waals surface area contributed by atoms with Gasteiger partial charge in [0.2, 0.25) is 0 Å². The molecule has 0 spiro atoms. The standard InChI is InChI=1S/C19H32N2O/c1-2-3-4-5-6-7-8-9-10-11-13-17-21-19(22)18-15-12-14-16-20-18/h12,14-16H,2-11,13,17H2,1H3,(H,21,22). The Balaban J connectivity index is 1.85. The Bertz CT molecular complexity index is 378.